The molecule has 2 aromatic rings. The normalized spacial score (nSPS) is 10.2. The number of nitrogens with zero attached hydrogens (tertiary/aromatic N) is 3. The molecular weight excluding hydrogens is 216 g/mol. The second-order valence-corrected chi connectivity index (χ2v) is 3.48. The minimum Gasteiger partial charge on any atom is -0.481 e. The molecule has 5 nitrogen and oxygen atoms in total. The molecule has 2 rings (SSSR count). The third-order valence-corrected chi connectivity index (χ3v) is 2.24. The Morgan fingerprint density at radius 2 is 1.94 bits per heavy atom. The highest BCUT2D eigenvalue weighted by molar-refractivity contribution is 5.17. The number of hydrogen-bond acceptors (Lipinski definition) is 5. The van der Waals surface area contributed by atoms with Crippen LogP contribution in [-0.2, 0) is 13.1 Å². The highest BCUT2D eigenvalue weighted by Gasteiger charge is 1.97. The average molecular weight is 230 g/mol. The molecule has 0 fully saturated rings. The Morgan fingerprint density at radius 1 is 1.12 bits per heavy atom. The van der Waals surface area contributed by atoms with E-state index < -0.39 is 0 Å². The molecule has 0 radical (unpaired) electrons. The Kier molecular flexibility index (Phi) is 3.99. The first-order valence-corrected chi connectivity index (χ1v) is 5.34. The molecule has 17 heavy (non-hydrogen) atoms. The molecule has 88 valence electrons. The van der Waals surface area contributed by atoms with Crippen molar-refractivity contribution in [2.45, 2.75) is 13.1 Å². The number of ether oxygens (including phenoxy) is 1. The summed E-state index contributed by atoms with van der Waals surface area (Å²) in [5, 5.41) is 3.25. The van der Waals surface area contributed by atoms with Gasteiger partial charge < -0.3 is 10.1 Å². The van der Waals surface area contributed by atoms with Crippen molar-refractivity contribution in [3.8, 4) is 5.88 Å². The summed E-state index contributed by atoms with van der Waals surface area (Å²) >= 11 is 0. The largest absolute Gasteiger partial charge is 0.481 e. The fourth-order valence-corrected chi connectivity index (χ4v) is 1.38. The summed E-state index contributed by atoms with van der Waals surface area (Å²) in [5.74, 6) is 1.41. The molecule has 0 bridgehead atoms. The van der Waals surface area contributed by atoms with Gasteiger partial charge in [0.05, 0.1) is 13.7 Å². The molecule has 0 saturated heterocycles. The predicted octanol–water partition coefficient (Wildman–Crippen LogP) is 1.17. The fraction of sp³-hybridized carbons (Fsp3) is 0.250. The third kappa shape index (κ3) is 3.49. The summed E-state index contributed by atoms with van der Waals surface area (Å²) in [4.78, 5) is 12.4. The average Bonchev–Trinajstić information content (AvgIpc) is 2.41. The number of nitrogens with one attached hydrogen (secondary N) is 1. The van der Waals surface area contributed by atoms with Crippen LogP contribution in [0.1, 0.15) is 11.4 Å². The molecule has 0 saturated carbocycles. The summed E-state index contributed by atoms with van der Waals surface area (Å²) in [7, 11) is 1.60. The van der Waals surface area contributed by atoms with E-state index in [9.17, 15) is 0 Å². The van der Waals surface area contributed by atoms with E-state index in [4.69, 9.17) is 4.74 Å². The molecule has 0 aliphatic carbocycles. The van der Waals surface area contributed by atoms with Crippen molar-refractivity contribution in [2.24, 2.45) is 0 Å². The van der Waals surface area contributed by atoms with Crippen LogP contribution in [0.3, 0.4) is 0 Å². The maximum atomic E-state index is 4.99. The van der Waals surface area contributed by atoms with Crippen LogP contribution in [0.5, 0.6) is 5.88 Å². The highest BCUT2D eigenvalue weighted by atomic mass is 16.5. The lowest BCUT2D eigenvalue weighted by Gasteiger charge is -2.04. The topological polar surface area (TPSA) is 59.9 Å². The standard InChI is InChI=1S/C12H14N4O/c1-17-12-4-3-10(8-16-12)7-13-9-11-14-5-2-6-15-11/h2-6,8,13H,7,9H2,1H3. The van der Waals surface area contributed by atoms with E-state index >= 15 is 0 Å². The van der Waals surface area contributed by atoms with Crippen LogP contribution >= 0.6 is 0 Å². The number of hydrogen-bond donors (Lipinski definition) is 1. The molecule has 0 amide bonds. The van der Waals surface area contributed by atoms with Gasteiger partial charge in [0.25, 0.3) is 0 Å². The van der Waals surface area contributed by atoms with Crippen molar-refractivity contribution in [2.75, 3.05) is 7.11 Å². The van der Waals surface area contributed by atoms with E-state index in [-0.39, 0.29) is 0 Å². The molecule has 0 atom stereocenters. The smallest absolute Gasteiger partial charge is 0.212 e. The van der Waals surface area contributed by atoms with Gasteiger partial charge in [0.1, 0.15) is 5.82 Å². The minimum atomic E-state index is 0.625. The quantitative estimate of drug-likeness (QED) is 0.835. The maximum Gasteiger partial charge on any atom is 0.212 e. The van der Waals surface area contributed by atoms with Gasteiger partial charge in [-0.25, -0.2) is 15.0 Å². The van der Waals surface area contributed by atoms with Crippen molar-refractivity contribution >= 4 is 0 Å². The third-order valence-electron chi connectivity index (χ3n) is 2.24. The Hall–Kier alpha value is -2.01. The monoisotopic (exact) mass is 230 g/mol. The molecular formula is C12H14N4O. The molecule has 2 heterocycles. The molecule has 1 N–H and O–H groups in total. The Bertz CT molecular complexity index is 444. The lowest BCUT2D eigenvalue weighted by atomic mass is 10.3. The van der Waals surface area contributed by atoms with Gasteiger partial charge in [-0.2, -0.15) is 0 Å². The SMILES string of the molecule is COc1ccc(CNCc2ncccn2)cn1. The van der Waals surface area contributed by atoms with Crippen LogP contribution in [0.25, 0.3) is 0 Å². The minimum absolute atomic E-state index is 0.625. The number of pyridine rings is 1. The van der Waals surface area contributed by atoms with Crippen molar-refractivity contribution in [3.05, 3.63) is 48.2 Å². The van der Waals surface area contributed by atoms with Gasteiger partial charge >= 0.3 is 0 Å². The van der Waals surface area contributed by atoms with Crippen molar-refractivity contribution in [1.82, 2.24) is 20.3 Å². The van der Waals surface area contributed by atoms with Crippen LogP contribution < -0.4 is 10.1 Å². The summed E-state index contributed by atoms with van der Waals surface area (Å²) in [6, 6.07) is 5.62. The maximum absolute atomic E-state index is 4.99. The van der Waals surface area contributed by atoms with Crippen LogP contribution in [0.4, 0.5) is 0 Å². The van der Waals surface area contributed by atoms with Gasteiger partial charge in [-0.05, 0) is 11.6 Å². The van der Waals surface area contributed by atoms with Crippen molar-refractivity contribution in [1.29, 1.82) is 0 Å². The molecule has 0 spiro atoms. The van der Waals surface area contributed by atoms with Crippen LogP contribution in [0, 0.1) is 0 Å². The molecule has 0 aliphatic heterocycles. The van der Waals surface area contributed by atoms with Crippen LogP contribution in [0.2, 0.25) is 0 Å². The summed E-state index contributed by atoms with van der Waals surface area (Å²) in [5.41, 5.74) is 1.10. The molecule has 5 heteroatoms. The zero-order valence-electron chi connectivity index (χ0n) is 9.63. The van der Waals surface area contributed by atoms with Gasteiger partial charge in [-0.3, -0.25) is 0 Å². The molecule has 2 aromatic heterocycles. The Labute approximate surface area is 99.9 Å². The van der Waals surface area contributed by atoms with Gasteiger partial charge in [-0.15, -0.1) is 0 Å². The lowest BCUT2D eigenvalue weighted by molar-refractivity contribution is 0.397. The summed E-state index contributed by atoms with van der Waals surface area (Å²) in [6.45, 7) is 1.38. The first-order chi connectivity index (χ1) is 8.38. The summed E-state index contributed by atoms with van der Waals surface area (Å²) < 4.78 is 4.99. The van der Waals surface area contributed by atoms with Crippen molar-refractivity contribution < 1.29 is 4.74 Å². The van der Waals surface area contributed by atoms with Crippen LogP contribution in [-0.4, -0.2) is 22.1 Å². The Morgan fingerprint density at radius 3 is 2.59 bits per heavy atom. The van der Waals surface area contributed by atoms with Gasteiger partial charge in [0.15, 0.2) is 0 Å². The first-order valence-electron chi connectivity index (χ1n) is 5.34. The van der Waals surface area contributed by atoms with Gasteiger partial charge in [-0.1, -0.05) is 6.07 Å². The second-order valence-electron chi connectivity index (χ2n) is 3.48. The van der Waals surface area contributed by atoms with Crippen molar-refractivity contribution in [3.63, 3.8) is 0 Å². The highest BCUT2D eigenvalue weighted by Crippen LogP contribution is 2.06. The first kappa shape index (κ1) is 11.5. The number of methoxy groups -OCH3 is 1. The zero-order chi connectivity index (χ0) is 11.9. The van der Waals surface area contributed by atoms with E-state index in [0.29, 0.717) is 12.4 Å². The fourth-order valence-electron chi connectivity index (χ4n) is 1.38. The summed E-state index contributed by atoms with van der Waals surface area (Å²) in [6.07, 6.45) is 5.26. The predicted molar refractivity (Wildman–Crippen MR) is 63.4 cm³/mol. The van der Waals surface area contributed by atoms with Gasteiger partial charge in [0, 0.05) is 31.2 Å². The second kappa shape index (κ2) is 5.91. The zero-order valence-corrected chi connectivity index (χ0v) is 9.63. The number of aromatic nitrogens is 3. The molecule has 0 unspecified atom stereocenters. The van der Waals surface area contributed by atoms with E-state index in [1.165, 1.54) is 0 Å². The van der Waals surface area contributed by atoms with Gasteiger partial charge in [0.2, 0.25) is 5.88 Å². The number of rotatable bonds is 5. The lowest BCUT2D eigenvalue weighted by Crippen LogP contribution is -2.14. The Balaban J connectivity index is 1.82. The van der Waals surface area contributed by atoms with E-state index in [0.717, 1.165) is 17.9 Å². The van der Waals surface area contributed by atoms with E-state index in [1.54, 1.807) is 31.8 Å². The van der Waals surface area contributed by atoms with E-state index in [2.05, 4.69) is 20.3 Å². The van der Waals surface area contributed by atoms with Crippen LogP contribution in [0.15, 0.2) is 36.8 Å². The molecule has 0 aliphatic rings. The van der Waals surface area contributed by atoms with E-state index in [1.807, 2.05) is 12.1 Å². The molecule has 0 aromatic carbocycles.